The molecule has 3 N–H and O–H groups in total. The molecule has 0 radical (unpaired) electrons. The van der Waals surface area contributed by atoms with E-state index in [2.05, 4.69) is 20.9 Å². The molecule has 1 heterocycles. The van der Waals surface area contributed by atoms with Gasteiger partial charge >= 0.3 is 0 Å². The lowest BCUT2D eigenvalue weighted by atomic mass is 10.1. The van der Waals surface area contributed by atoms with Crippen LogP contribution in [0.3, 0.4) is 0 Å². The van der Waals surface area contributed by atoms with Crippen LogP contribution in [0.1, 0.15) is 26.7 Å². The summed E-state index contributed by atoms with van der Waals surface area (Å²) in [5.74, 6) is 0.558. The minimum Gasteiger partial charge on any atom is -0.496 e. The van der Waals surface area contributed by atoms with Crippen LogP contribution in [0, 0.1) is 0 Å². The third kappa shape index (κ3) is 9.56. The number of amides is 3. The standard InChI is InChI=1S/C43H38N4O7S2/c1-51-35-21-12-11-20-32(35)34-26-55-43(46-34)47-42(50)39(27-14-7-5-8-15-27)56-31-19-13-18-30(24-31)44-41(49)33(45-40(48)28-16-9-6-10-17-28)22-29-23-37(53-3)38(54-4)25-36(29)52-2/h5-26,39H,1-4H3,(H,44,49)(H,45,48)(H,46,47,50)/b33-22+. The van der Waals surface area contributed by atoms with E-state index < -0.39 is 17.1 Å². The molecule has 5 aromatic carbocycles. The number of aromatic nitrogens is 1. The quantitative estimate of drug-likeness (QED) is 0.0690. The van der Waals surface area contributed by atoms with Crippen LogP contribution in [-0.2, 0) is 9.59 Å². The molecule has 13 heteroatoms. The lowest BCUT2D eigenvalue weighted by Crippen LogP contribution is -2.30. The Morgan fingerprint density at radius 2 is 1.36 bits per heavy atom. The zero-order valence-corrected chi connectivity index (χ0v) is 32.5. The van der Waals surface area contributed by atoms with Crippen molar-refractivity contribution in [3.05, 3.63) is 149 Å². The summed E-state index contributed by atoms with van der Waals surface area (Å²) in [6, 6.07) is 36.0. The summed E-state index contributed by atoms with van der Waals surface area (Å²) in [4.78, 5) is 46.6. The summed E-state index contributed by atoms with van der Waals surface area (Å²) < 4.78 is 22.0. The van der Waals surface area contributed by atoms with Crippen molar-refractivity contribution in [2.75, 3.05) is 39.1 Å². The van der Waals surface area contributed by atoms with Gasteiger partial charge in [-0.3, -0.25) is 14.4 Å². The average molecular weight is 787 g/mol. The Morgan fingerprint density at radius 3 is 2.07 bits per heavy atom. The molecule has 3 amide bonds. The second kappa shape index (κ2) is 18.7. The number of ether oxygens (including phenoxy) is 4. The van der Waals surface area contributed by atoms with Crippen LogP contribution in [0.15, 0.2) is 137 Å². The first-order chi connectivity index (χ1) is 27.3. The molecule has 6 aromatic rings. The van der Waals surface area contributed by atoms with Gasteiger partial charge in [0.15, 0.2) is 16.6 Å². The molecule has 0 saturated carbocycles. The number of carbonyl (C=O) groups excluding carboxylic acids is 3. The van der Waals surface area contributed by atoms with Crippen LogP contribution < -0.4 is 34.9 Å². The van der Waals surface area contributed by atoms with Gasteiger partial charge in [-0.2, -0.15) is 0 Å². The molecule has 0 bridgehead atoms. The van der Waals surface area contributed by atoms with Crippen LogP contribution in [0.4, 0.5) is 10.8 Å². The van der Waals surface area contributed by atoms with E-state index in [1.807, 2.05) is 66.0 Å². The summed E-state index contributed by atoms with van der Waals surface area (Å²) in [5.41, 5.74) is 3.49. The van der Waals surface area contributed by atoms with Gasteiger partial charge in [0.25, 0.3) is 11.8 Å². The van der Waals surface area contributed by atoms with Gasteiger partial charge in [-0.05, 0) is 60.2 Å². The van der Waals surface area contributed by atoms with Crippen molar-refractivity contribution in [2.24, 2.45) is 0 Å². The molecular formula is C43H38N4O7S2. The van der Waals surface area contributed by atoms with Crippen molar-refractivity contribution in [1.29, 1.82) is 0 Å². The molecule has 0 aliphatic carbocycles. The average Bonchev–Trinajstić information content (AvgIpc) is 3.71. The summed E-state index contributed by atoms with van der Waals surface area (Å²) >= 11 is 2.64. The van der Waals surface area contributed by atoms with E-state index in [9.17, 15) is 14.4 Å². The molecule has 56 heavy (non-hydrogen) atoms. The molecule has 0 fully saturated rings. The fourth-order valence-electron chi connectivity index (χ4n) is 5.63. The Hall–Kier alpha value is -6.57. The van der Waals surface area contributed by atoms with E-state index >= 15 is 0 Å². The molecule has 11 nitrogen and oxygen atoms in total. The predicted molar refractivity (Wildman–Crippen MR) is 221 cm³/mol. The number of nitrogens with one attached hydrogen (secondary N) is 3. The van der Waals surface area contributed by atoms with Crippen LogP contribution in [-0.4, -0.2) is 51.1 Å². The molecular weight excluding hydrogens is 749 g/mol. The highest BCUT2D eigenvalue weighted by atomic mass is 32.2. The Morgan fingerprint density at radius 1 is 0.696 bits per heavy atom. The second-order valence-corrected chi connectivity index (χ2v) is 14.0. The van der Waals surface area contributed by atoms with Crippen LogP contribution in [0.2, 0.25) is 0 Å². The van der Waals surface area contributed by atoms with Crippen molar-refractivity contribution >= 4 is 57.7 Å². The smallest absolute Gasteiger partial charge is 0.272 e. The first-order valence-electron chi connectivity index (χ1n) is 17.2. The molecule has 0 saturated heterocycles. The second-order valence-electron chi connectivity index (χ2n) is 11.9. The van der Waals surface area contributed by atoms with Gasteiger partial charge in [-0.15, -0.1) is 23.1 Å². The number of hydrogen-bond acceptors (Lipinski definition) is 10. The summed E-state index contributed by atoms with van der Waals surface area (Å²) in [6.45, 7) is 0. The number of thioether (sulfide) groups is 1. The fourth-order valence-corrected chi connectivity index (χ4v) is 7.43. The van der Waals surface area contributed by atoms with E-state index in [4.69, 9.17) is 18.9 Å². The number of methoxy groups -OCH3 is 4. The van der Waals surface area contributed by atoms with Crippen molar-refractivity contribution in [2.45, 2.75) is 10.1 Å². The first kappa shape index (κ1) is 39.1. The van der Waals surface area contributed by atoms with Gasteiger partial charge in [0.05, 0.1) is 34.1 Å². The number of hydrogen-bond donors (Lipinski definition) is 3. The highest BCUT2D eigenvalue weighted by Crippen LogP contribution is 2.39. The Kier molecular flexibility index (Phi) is 13.0. The maximum absolute atomic E-state index is 14.0. The van der Waals surface area contributed by atoms with Gasteiger partial charge in [0.1, 0.15) is 22.4 Å². The highest BCUT2D eigenvalue weighted by molar-refractivity contribution is 8.00. The van der Waals surface area contributed by atoms with Crippen molar-refractivity contribution < 1.29 is 33.3 Å². The molecule has 1 aromatic heterocycles. The normalized spacial score (nSPS) is 11.5. The number of thiazole rings is 1. The minimum atomic E-state index is -0.668. The molecule has 0 spiro atoms. The number of anilines is 2. The predicted octanol–water partition coefficient (Wildman–Crippen LogP) is 8.73. The number of rotatable bonds is 15. The third-order valence-electron chi connectivity index (χ3n) is 8.37. The number of carbonyl (C=O) groups is 3. The van der Waals surface area contributed by atoms with Crippen LogP contribution in [0.25, 0.3) is 17.3 Å². The summed E-state index contributed by atoms with van der Waals surface area (Å²) in [6.07, 6.45) is 1.50. The molecule has 1 atom stereocenters. The lowest BCUT2D eigenvalue weighted by Gasteiger charge is -2.17. The van der Waals surface area contributed by atoms with Gasteiger partial charge in [-0.1, -0.05) is 66.7 Å². The molecule has 0 aliphatic rings. The monoisotopic (exact) mass is 786 g/mol. The van der Waals surface area contributed by atoms with E-state index in [0.29, 0.717) is 55.5 Å². The van der Waals surface area contributed by atoms with Crippen LogP contribution in [0.5, 0.6) is 23.0 Å². The van der Waals surface area contributed by atoms with Crippen LogP contribution >= 0.6 is 23.1 Å². The van der Waals surface area contributed by atoms with E-state index in [1.54, 1.807) is 67.8 Å². The van der Waals surface area contributed by atoms with Crippen molar-refractivity contribution in [3.63, 3.8) is 0 Å². The van der Waals surface area contributed by atoms with Crippen molar-refractivity contribution in [3.8, 4) is 34.3 Å². The Balaban J connectivity index is 1.26. The topological polar surface area (TPSA) is 137 Å². The third-order valence-corrected chi connectivity index (χ3v) is 10.4. The highest BCUT2D eigenvalue weighted by Gasteiger charge is 2.24. The maximum Gasteiger partial charge on any atom is 0.272 e. The number of nitrogens with zero attached hydrogens (tertiary/aromatic N) is 1. The number of benzene rings is 5. The van der Waals surface area contributed by atoms with Crippen molar-refractivity contribution in [1.82, 2.24) is 10.3 Å². The van der Waals surface area contributed by atoms with Gasteiger partial charge in [0, 0.05) is 38.7 Å². The molecule has 1 unspecified atom stereocenters. The zero-order valence-electron chi connectivity index (χ0n) is 30.9. The Bertz CT molecular complexity index is 2350. The van der Waals surface area contributed by atoms with Gasteiger partial charge < -0.3 is 34.9 Å². The zero-order chi connectivity index (χ0) is 39.4. The molecule has 284 valence electrons. The first-order valence-corrected chi connectivity index (χ1v) is 19.0. The van der Waals surface area contributed by atoms with E-state index in [0.717, 1.165) is 11.1 Å². The lowest BCUT2D eigenvalue weighted by molar-refractivity contribution is -0.116. The van der Waals surface area contributed by atoms with Gasteiger partial charge in [-0.25, -0.2) is 4.98 Å². The van der Waals surface area contributed by atoms with E-state index in [1.165, 1.54) is 50.5 Å². The number of para-hydroxylation sites is 1. The van der Waals surface area contributed by atoms with E-state index in [-0.39, 0.29) is 11.6 Å². The van der Waals surface area contributed by atoms with Gasteiger partial charge in [0.2, 0.25) is 5.91 Å². The largest absolute Gasteiger partial charge is 0.496 e. The SMILES string of the molecule is COc1cc(OC)c(OC)cc1/C=C(/NC(=O)c1ccccc1)C(=O)Nc1cccc(SC(C(=O)Nc2nc(-c3ccccc3OC)cs2)c2ccccc2)c1. The summed E-state index contributed by atoms with van der Waals surface area (Å²) in [7, 11) is 6.10. The fraction of sp³-hybridized carbons (Fsp3) is 0.116. The minimum absolute atomic E-state index is 0.0556. The molecule has 0 aliphatic heterocycles. The Labute approximate surface area is 332 Å². The summed E-state index contributed by atoms with van der Waals surface area (Å²) in [5, 5.41) is 10.3. The maximum atomic E-state index is 14.0. The molecule has 6 rings (SSSR count).